The topological polar surface area (TPSA) is 62.7 Å². The van der Waals surface area contributed by atoms with Crippen molar-refractivity contribution in [2.24, 2.45) is 0 Å². The molecular weight excluding hydrogens is 357 g/mol. The molecule has 0 radical (unpaired) electrons. The van der Waals surface area contributed by atoms with Crippen LogP contribution in [-0.4, -0.2) is 21.0 Å². The minimum absolute atomic E-state index is 0.201. The van der Waals surface area contributed by atoms with E-state index >= 15 is 0 Å². The third-order valence-corrected chi connectivity index (χ3v) is 4.13. The standard InChI is InChI=1S/C18H17Cl2N5/c1-11(2)22-18-24-15(12-5-4-8-21-10-12)9-16(25-18)23-14-7-3-6-13(19)17(14)20/h3-11H,1-2H3,(H2,22,23,24,25). The van der Waals surface area contributed by atoms with E-state index in [1.54, 1.807) is 18.5 Å². The molecule has 25 heavy (non-hydrogen) atoms. The minimum atomic E-state index is 0.201. The van der Waals surface area contributed by atoms with Crippen molar-refractivity contribution in [2.45, 2.75) is 19.9 Å². The van der Waals surface area contributed by atoms with Gasteiger partial charge in [-0.2, -0.15) is 4.98 Å². The summed E-state index contributed by atoms with van der Waals surface area (Å²) in [6, 6.07) is 11.3. The zero-order valence-electron chi connectivity index (χ0n) is 13.8. The van der Waals surface area contributed by atoms with Gasteiger partial charge in [-0.25, -0.2) is 4.98 Å². The monoisotopic (exact) mass is 373 g/mol. The van der Waals surface area contributed by atoms with Crippen LogP contribution in [0.3, 0.4) is 0 Å². The molecule has 0 spiro atoms. The van der Waals surface area contributed by atoms with Crippen molar-refractivity contribution in [3.05, 3.63) is 58.8 Å². The fourth-order valence-electron chi connectivity index (χ4n) is 2.23. The molecule has 0 atom stereocenters. The Morgan fingerprint density at radius 3 is 2.60 bits per heavy atom. The van der Waals surface area contributed by atoms with Crippen LogP contribution in [0.5, 0.6) is 0 Å². The number of nitrogens with one attached hydrogen (secondary N) is 2. The lowest BCUT2D eigenvalue weighted by molar-refractivity contribution is 0.876. The van der Waals surface area contributed by atoms with E-state index in [2.05, 4.69) is 25.6 Å². The molecule has 0 fully saturated rings. The Balaban J connectivity index is 2.01. The first-order valence-corrected chi connectivity index (χ1v) is 8.55. The molecule has 2 heterocycles. The van der Waals surface area contributed by atoms with Crippen LogP contribution < -0.4 is 10.6 Å². The molecule has 3 aromatic rings. The van der Waals surface area contributed by atoms with E-state index in [0.717, 1.165) is 11.3 Å². The molecule has 2 N–H and O–H groups in total. The Kier molecular flexibility index (Phi) is 5.36. The Bertz CT molecular complexity index is 869. The van der Waals surface area contributed by atoms with E-state index in [-0.39, 0.29) is 6.04 Å². The van der Waals surface area contributed by atoms with Crippen molar-refractivity contribution in [1.29, 1.82) is 0 Å². The van der Waals surface area contributed by atoms with Gasteiger partial charge in [0.05, 0.1) is 21.4 Å². The van der Waals surface area contributed by atoms with Gasteiger partial charge in [0.1, 0.15) is 5.82 Å². The van der Waals surface area contributed by atoms with Gasteiger partial charge < -0.3 is 10.6 Å². The fraction of sp³-hybridized carbons (Fsp3) is 0.167. The lowest BCUT2D eigenvalue weighted by Gasteiger charge is -2.14. The molecule has 0 unspecified atom stereocenters. The first-order valence-electron chi connectivity index (χ1n) is 7.80. The number of aromatic nitrogens is 3. The normalized spacial score (nSPS) is 10.8. The molecule has 128 valence electrons. The predicted molar refractivity (Wildman–Crippen MR) is 104 cm³/mol. The average molecular weight is 374 g/mol. The molecule has 3 rings (SSSR count). The summed E-state index contributed by atoms with van der Waals surface area (Å²) in [6.45, 7) is 4.06. The summed E-state index contributed by atoms with van der Waals surface area (Å²) in [5.74, 6) is 1.14. The Labute approximate surface area is 156 Å². The number of nitrogens with zero attached hydrogens (tertiary/aromatic N) is 3. The molecule has 1 aromatic carbocycles. The lowest BCUT2D eigenvalue weighted by atomic mass is 10.2. The van der Waals surface area contributed by atoms with E-state index in [0.29, 0.717) is 27.5 Å². The van der Waals surface area contributed by atoms with Crippen molar-refractivity contribution in [1.82, 2.24) is 15.0 Å². The number of hydrogen-bond donors (Lipinski definition) is 2. The first kappa shape index (κ1) is 17.5. The Hall–Kier alpha value is -2.37. The number of hydrogen-bond acceptors (Lipinski definition) is 5. The molecule has 0 bridgehead atoms. The molecule has 5 nitrogen and oxygen atoms in total. The van der Waals surface area contributed by atoms with Crippen LogP contribution in [0.2, 0.25) is 10.0 Å². The number of benzene rings is 1. The molecular formula is C18H17Cl2N5. The van der Waals surface area contributed by atoms with E-state index in [1.807, 2.05) is 44.2 Å². The first-order chi connectivity index (χ1) is 12.0. The number of rotatable bonds is 5. The zero-order chi connectivity index (χ0) is 17.8. The van der Waals surface area contributed by atoms with Gasteiger partial charge in [0.25, 0.3) is 0 Å². The molecule has 0 saturated carbocycles. The van der Waals surface area contributed by atoms with Crippen molar-refractivity contribution in [3.8, 4) is 11.3 Å². The van der Waals surface area contributed by atoms with Gasteiger partial charge in [0, 0.05) is 30.1 Å². The summed E-state index contributed by atoms with van der Waals surface area (Å²) >= 11 is 12.3. The van der Waals surface area contributed by atoms with E-state index in [1.165, 1.54) is 0 Å². The van der Waals surface area contributed by atoms with Crippen LogP contribution >= 0.6 is 23.2 Å². The van der Waals surface area contributed by atoms with Gasteiger partial charge in [-0.05, 0) is 38.1 Å². The smallest absolute Gasteiger partial charge is 0.225 e. The molecule has 0 amide bonds. The average Bonchev–Trinajstić information content (AvgIpc) is 2.59. The second kappa shape index (κ2) is 7.68. The van der Waals surface area contributed by atoms with Crippen LogP contribution in [0.15, 0.2) is 48.8 Å². The minimum Gasteiger partial charge on any atom is -0.352 e. The largest absolute Gasteiger partial charge is 0.352 e. The molecule has 7 heteroatoms. The van der Waals surface area contributed by atoms with Crippen molar-refractivity contribution in [2.75, 3.05) is 10.6 Å². The highest BCUT2D eigenvalue weighted by Gasteiger charge is 2.10. The maximum absolute atomic E-state index is 6.26. The number of anilines is 3. The van der Waals surface area contributed by atoms with Crippen LogP contribution in [-0.2, 0) is 0 Å². The van der Waals surface area contributed by atoms with E-state index < -0.39 is 0 Å². The Morgan fingerprint density at radius 2 is 1.88 bits per heavy atom. The van der Waals surface area contributed by atoms with Crippen LogP contribution in [0.1, 0.15) is 13.8 Å². The molecule has 0 saturated heterocycles. The summed E-state index contributed by atoms with van der Waals surface area (Å²) < 4.78 is 0. The third-order valence-electron chi connectivity index (χ3n) is 3.32. The summed E-state index contributed by atoms with van der Waals surface area (Å²) in [5, 5.41) is 7.36. The van der Waals surface area contributed by atoms with Crippen LogP contribution in [0, 0.1) is 0 Å². The van der Waals surface area contributed by atoms with Gasteiger partial charge in [-0.3, -0.25) is 4.98 Å². The van der Waals surface area contributed by atoms with Crippen molar-refractivity contribution in [3.63, 3.8) is 0 Å². The van der Waals surface area contributed by atoms with Gasteiger partial charge in [0.15, 0.2) is 0 Å². The Morgan fingerprint density at radius 1 is 1.04 bits per heavy atom. The van der Waals surface area contributed by atoms with Gasteiger partial charge >= 0.3 is 0 Å². The molecule has 0 aliphatic carbocycles. The van der Waals surface area contributed by atoms with Gasteiger partial charge in [0.2, 0.25) is 5.95 Å². The lowest BCUT2D eigenvalue weighted by Crippen LogP contribution is -2.13. The van der Waals surface area contributed by atoms with Gasteiger partial charge in [-0.15, -0.1) is 0 Å². The second-order valence-corrected chi connectivity index (χ2v) is 6.51. The summed E-state index contributed by atoms with van der Waals surface area (Å²) in [5.41, 5.74) is 2.34. The quantitative estimate of drug-likeness (QED) is 0.625. The van der Waals surface area contributed by atoms with Crippen molar-refractivity contribution < 1.29 is 0 Å². The highest BCUT2D eigenvalue weighted by atomic mass is 35.5. The highest BCUT2D eigenvalue weighted by Crippen LogP contribution is 2.32. The van der Waals surface area contributed by atoms with E-state index in [9.17, 15) is 0 Å². The van der Waals surface area contributed by atoms with Crippen LogP contribution in [0.4, 0.5) is 17.5 Å². The highest BCUT2D eigenvalue weighted by molar-refractivity contribution is 6.43. The number of halogens is 2. The fourth-order valence-corrected chi connectivity index (χ4v) is 2.58. The van der Waals surface area contributed by atoms with E-state index in [4.69, 9.17) is 23.2 Å². The van der Waals surface area contributed by atoms with Crippen molar-refractivity contribution >= 4 is 40.7 Å². The third kappa shape index (κ3) is 4.38. The zero-order valence-corrected chi connectivity index (χ0v) is 15.3. The van der Waals surface area contributed by atoms with Crippen LogP contribution in [0.25, 0.3) is 11.3 Å². The maximum Gasteiger partial charge on any atom is 0.225 e. The predicted octanol–water partition coefficient (Wildman–Crippen LogP) is 5.41. The number of pyridine rings is 1. The SMILES string of the molecule is CC(C)Nc1nc(Nc2cccc(Cl)c2Cl)cc(-c2cccnc2)n1. The van der Waals surface area contributed by atoms with Gasteiger partial charge in [-0.1, -0.05) is 29.3 Å². The second-order valence-electron chi connectivity index (χ2n) is 5.73. The molecule has 2 aromatic heterocycles. The molecule has 0 aliphatic rings. The maximum atomic E-state index is 6.26. The molecule has 0 aliphatic heterocycles. The summed E-state index contributed by atoms with van der Waals surface area (Å²) in [7, 11) is 0. The summed E-state index contributed by atoms with van der Waals surface area (Å²) in [4.78, 5) is 13.2. The summed E-state index contributed by atoms with van der Waals surface area (Å²) in [6.07, 6.45) is 3.49.